The fraction of sp³-hybridized carbons (Fsp3) is 0.429. The largest absolute Gasteiger partial charge is 0.308 e. The van der Waals surface area contributed by atoms with Gasteiger partial charge in [-0.1, -0.05) is 36.8 Å². The van der Waals surface area contributed by atoms with Crippen molar-refractivity contribution in [3.05, 3.63) is 34.0 Å². The van der Waals surface area contributed by atoms with Crippen LogP contribution in [0.3, 0.4) is 0 Å². The van der Waals surface area contributed by atoms with Gasteiger partial charge in [-0.05, 0) is 37.6 Å². The van der Waals surface area contributed by atoms with Gasteiger partial charge in [0.25, 0.3) is 0 Å². The summed E-state index contributed by atoms with van der Waals surface area (Å²) >= 11 is 7.32. The van der Waals surface area contributed by atoms with Gasteiger partial charge in [0.05, 0.1) is 11.1 Å². The molecule has 0 amide bonds. The Hall–Kier alpha value is -1.04. The van der Waals surface area contributed by atoms with Gasteiger partial charge in [-0.25, -0.2) is 4.39 Å². The van der Waals surface area contributed by atoms with Crippen LogP contribution < -0.4 is 5.32 Å². The maximum absolute atomic E-state index is 13.2. The number of halogens is 2. The van der Waals surface area contributed by atoms with E-state index in [4.69, 9.17) is 11.6 Å². The number of hydrogen-bond acceptors (Lipinski definition) is 4. The van der Waals surface area contributed by atoms with Crippen molar-refractivity contribution in [2.75, 3.05) is 6.54 Å². The zero-order valence-corrected chi connectivity index (χ0v) is 13.1. The highest BCUT2D eigenvalue weighted by atomic mass is 35.5. The van der Waals surface area contributed by atoms with E-state index in [0.717, 1.165) is 35.0 Å². The minimum atomic E-state index is -0.420. The Morgan fingerprint density at radius 1 is 1.35 bits per heavy atom. The molecule has 0 fully saturated rings. The van der Waals surface area contributed by atoms with Gasteiger partial charge in [0.2, 0.25) is 0 Å². The van der Waals surface area contributed by atoms with Crippen LogP contribution in [0.15, 0.2) is 18.2 Å². The molecule has 1 atom stereocenters. The lowest BCUT2D eigenvalue weighted by atomic mass is 10.2. The minimum absolute atomic E-state index is 0.107. The number of aromatic nitrogens is 2. The Bertz CT molecular complexity index is 573. The molecule has 6 heteroatoms. The Morgan fingerprint density at radius 3 is 2.80 bits per heavy atom. The smallest absolute Gasteiger partial charge is 0.147 e. The van der Waals surface area contributed by atoms with Crippen LogP contribution >= 0.6 is 22.9 Å². The summed E-state index contributed by atoms with van der Waals surface area (Å²) < 4.78 is 13.2. The SMILES string of the molecule is CCCNC(CC)c1nnc(-c2ccc(F)c(Cl)c2)s1. The first-order valence-corrected chi connectivity index (χ1v) is 7.87. The van der Waals surface area contributed by atoms with E-state index in [2.05, 4.69) is 29.4 Å². The second-order valence-electron chi connectivity index (χ2n) is 4.49. The average molecular weight is 314 g/mol. The van der Waals surface area contributed by atoms with Crippen LogP contribution in [-0.2, 0) is 0 Å². The molecule has 0 aliphatic rings. The summed E-state index contributed by atoms with van der Waals surface area (Å²) in [4.78, 5) is 0. The van der Waals surface area contributed by atoms with Crippen LogP contribution in [0.5, 0.6) is 0 Å². The third-order valence-corrected chi connectivity index (χ3v) is 4.33. The van der Waals surface area contributed by atoms with Crippen LogP contribution in [0.1, 0.15) is 37.7 Å². The highest BCUT2D eigenvalue weighted by Crippen LogP contribution is 2.30. The summed E-state index contributed by atoms with van der Waals surface area (Å²) in [5, 5.41) is 13.7. The molecule has 0 aliphatic carbocycles. The first-order valence-electron chi connectivity index (χ1n) is 6.67. The molecule has 2 aromatic rings. The number of nitrogens with one attached hydrogen (secondary N) is 1. The highest BCUT2D eigenvalue weighted by Gasteiger charge is 2.15. The van der Waals surface area contributed by atoms with Crippen molar-refractivity contribution >= 4 is 22.9 Å². The van der Waals surface area contributed by atoms with E-state index in [0.29, 0.717) is 0 Å². The summed E-state index contributed by atoms with van der Waals surface area (Å²) in [6, 6.07) is 4.83. The predicted octanol–water partition coefficient (Wildman–Crippen LogP) is 4.45. The van der Waals surface area contributed by atoms with Gasteiger partial charge >= 0.3 is 0 Å². The van der Waals surface area contributed by atoms with Crippen molar-refractivity contribution in [1.82, 2.24) is 15.5 Å². The zero-order chi connectivity index (χ0) is 14.5. The molecule has 3 nitrogen and oxygen atoms in total. The normalized spacial score (nSPS) is 12.6. The van der Waals surface area contributed by atoms with Crippen molar-refractivity contribution in [1.29, 1.82) is 0 Å². The molecule has 0 bridgehead atoms. The van der Waals surface area contributed by atoms with Crippen LogP contribution in [0, 0.1) is 5.82 Å². The zero-order valence-electron chi connectivity index (χ0n) is 11.5. The van der Waals surface area contributed by atoms with Crippen LogP contribution in [0.4, 0.5) is 4.39 Å². The second kappa shape index (κ2) is 7.11. The van der Waals surface area contributed by atoms with E-state index in [1.165, 1.54) is 17.4 Å². The van der Waals surface area contributed by atoms with Gasteiger partial charge in [-0.15, -0.1) is 10.2 Å². The maximum Gasteiger partial charge on any atom is 0.147 e. The standard InChI is InChI=1S/C14H17ClFN3S/c1-3-7-17-12(4-2)14-19-18-13(20-14)9-5-6-11(16)10(15)8-9/h5-6,8,12,17H,3-4,7H2,1-2H3. The molecule has 1 N–H and O–H groups in total. The van der Waals surface area contributed by atoms with Crippen LogP contribution in [-0.4, -0.2) is 16.7 Å². The first kappa shape index (κ1) is 15.4. The molecule has 0 saturated heterocycles. The number of hydrogen-bond donors (Lipinski definition) is 1. The van der Waals surface area contributed by atoms with E-state index < -0.39 is 5.82 Å². The predicted molar refractivity (Wildman–Crippen MR) is 81.6 cm³/mol. The number of benzene rings is 1. The third-order valence-electron chi connectivity index (χ3n) is 2.95. The van der Waals surface area contributed by atoms with Crippen molar-refractivity contribution in [2.24, 2.45) is 0 Å². The monoisotopic (exact) mass is 313 g/mol. The summed E-state index contributed by atoms with van der Waals surface area (Å²) in [6.45, 7) is 5.20. The molecule has 108 valence electrons. The van der Waals surface area contributed by atoms with Crippen molar-refractivity contribution < 1.29 is 4.39 Å². The molecular formula is C14H17ClFN3S. The lowest BCUT2D eigenvalue weighted by Gasteiger charge is -2.12. The number of nitrogens with zero attached hydrogens (tertiary/aromatic N) is 2. The molecule has 1 unspecified atom stereocenters. The molecular weight excluding hydrogens is 297 g/mol. The molecule has 1 aromatic carbocycles. The van der Waals surface area contributed by atoms with Crippen molar-refractivity contribution in [3.63, 3.8) is 0 Å². The topological polar surface area (TPSA) is 37.8 Å². The Kier molecular flexibility index (Phi) is 5.46. The summed E-state index contributed by atoms with van der Waals surface area (Å²) in [5.41, 5.74) is 0.797. The van der Waals surface area contributed by atoms with E-state index in [1.54, 1.807) is 12.1 Å². The van der Waals surface area contributed by atoms with Gasteiger partial charge in [0.15, 0.2) is 0 Å². The summed E-state index contributed by atoms with van der Waals surface area (Å²) in [6.07, 6.45) is 2.04. The second-order valence-corrected chi connectivity index (χ2v) is 5.91. The highest BCUT2D eigenvalue weighted by molar-refractivity contribution is 7.14. The molecule has 0 spiro atoms. The Balaban J connectivity index is 2.20. The third kappa shape index (κ3) is 3.53. The van der Waals surface area contributed by atoms with Crippen molar-refractivity contribution in [3.8, 4) is 10.6 Å². The summed E-state index contributed by atoms with van der Waals surface area (Å²) in [7, 11) is 0. The molecule has 20 heavy (non-hydrogen) atoms. The quantitative estimate of drug-likeness (QED) is 0.856. The molecule has 1 aromatic heterocycles. The van der Waals surface area contributed by atoms with E-state index >= 15 is 0 Å². The van der Waals surface area contributed by atoms with Crippen LogP contribution in [0.25, 0.3) is 10.6 Å². The molecule has 0 radical (unpaired) electrons. The fourth-order valence-corrected chi connectivity index (χ4v) is 3.03. The minimum Gasteiger partial charge on any atom is -0.308 e. The molecule has 1 heterocycles. The molecule has 0 aliphatic heterocycles. The molecule has 0 saturated carbocycles. The van der Waals surface area contributed by atoms with Gasteiger partial charge in [0, 0.05) is 5.56 Å². The molecule has 2 rings (SSSR count). The Labute approximate surface area is 127 Å². The van der Waals surface area contributed by atoms with E-state index in [-0.39, 0.29) is 11.1 Å². The van der Waals surface area contributed by atoms with Gasteiger partial charge in [-0.2, -0.15) is 0 Å². The lowest BCUT2D eigenvalue weighted by Crippen LogP contribution is -2.21. The maximum atomic E-state index is 13.2. The van der Waals surface area contributed by atoms with Gasteiger partial charge < -0.3 is 5.32 Å². The van der Waals surface area contributed by atoms with Gasteiger partial charge in [-0.3, -0.25) is 0 Å². The number of rotatable bonds is 6. The Morgan fingerprint density at radius 2 is 2.15 bits per heavy atom. The van der Waals surface area contributed by atoms with E-state index in [1.807, 2.05) is 0 Å². The first-order chi connectivity index (χ1) is 9.65. The van der Waals surface area contributed by atoms with Gasteiger partial charge in [0.1, 0.15) is 15.8 Å². The summed E-state index contributed by atoms with van der Waals surface area (Å²) in [5.74, 6) is -0.420. The fourth-order valence-electron chi connectivity index (χ4n) is 1.85. The van der Waals surface area contributed by atoms with E-state index in [9.17, 15) is 4.39 Å². The average Bonchev–Trinajstić information content (AvgIpc) is 2.92. The van der Waals surface area contributed by atoms with Crippen LogP contribution in [0.2, 0.25) is 5.02 Å². The lowest BCUT2D eigenvalue weighted by molar-refractivity contribution is 0.513. The van der Waals surface area contributed by atoms with Crippen molar-refractivity contribution in [2.45, 2.75) is 32.7 Å².